The van der Waals surface area contributed by atoms with E-state index in [1.165, 1.54) is 0 Å². The van der Waals surface area contributed by atoms with Crippen molar-refractivity contribution in [1.82, 2.24) is 10.2 Å². The fraction of sp³-hybridized carbons (Fsp3) is 0.516. The van der Waals surface area contributed by atoms with Gasteiger partial charge in [0.05, 0.1) is 0 Å². The van der Waals surface area contributed by atoms with Crippen LogP contribution in [-0.4, -0.2) is 52.0 Å². The van der Waals surface area contributed by atoms with Crippen LogP contribution < -0.4 is 10.6 Å². The average molecular weight is 556 g/mol. The van der Waals surface area contributed by atoms with Gasteiger partial charge < -0.3 is 20.3 Å². The summed E-state index contributed by atoms with van der Waals surface area (Å²) in [6, 6.07) is 11.6. The van der Waals surface area contributed by atoms with Gasteiger partial charge in [0.15, 0.2) is 0 Å². The molecule has 0 saturated heterocycles. The van der Waals surface area contributed by atoms with Crippen LogP contribution in [-0.2, 0) is 14.3 Å². The molecule has 2 N–H and O–H groups in total. The zero-order valence-corrected chi connectivity index (χ0v) is 25.9. The molecule has 0 spiro atoms. The van der Waals surface area contributed by atoms with Crippen molar-refractivity contribution in [3.8, 4) is 0 Å². The first kappa shape index (κ1) is 32.2. The second-order valence-electron chi connectivity index (χ2n) is 11.9. The summed E-state index contributed by atoms with van der Waals surface area (Å²) in [4.78, 5) is 43.0. The fourth-order valence-corrected chi connectivity index (χ4v) is 4.98. The van der Waals surface area contributed by atoms with Crippen LogP contribution in [0.1, 0.15) is 76.3 Å². The molecule has 0 aromatic heterocycles. The van der Waals surface area contributed by atoms with Gasteiger partial charge in [-0.25, -0.2) is 4.79 Å². The van der Waals surface area contributed by atoms with Crippen molar-refractivity contribution in [2.24, 2.45) is 0 Å². The van der Waals surface area contributed by atoms with Crippen LogP contribution in [0.25, 0.3) is 0 Å². The van der Waals surface area contributed by atoms with E-state index in [1.54, 1.807) is 37.4 Å². The molecule has 2 rings (SSSR count). The average Bonchev–Trinajstić information content (AvgIpc) is 2.80. The molecule has 8 heteroatoms. The predicted octanol–water partition coefficient (Wildman–Crippen LogP) is 6.57. The number of hydrogen-bond donors (Lipinski definition) is 2. The summed E-state index contributed by atoms with van der Waals surface area (Å²) < 4.78 is 5.48. The molecule has 0 aliphatic heterocycles. The maximum absolute atomic E-state index is 14.4. The van der Waals surface area contributed by atoms with E-state index in [0.29, 0.717) is 17.9 Å². The molecule has 0 aliphatic rings. The number of nitrogens with one attached hydrogen (secondary N) is 2. The second-order valence-corrected chi connectivity index (χ2v) is 12.9. The maximum Gasteiger partial charge on any atom is 0.408 e. The summed E-state index contributed by atoms with van der Waals surface area (Å²) in [5.74, 6) is -0.00550. The van der Waals surface area contributed by atoms with Crippen molar-refractivity contribution >= 4 is 35.4 Å². The Morgan fingerprint density at radius 1 is 0.897 bits per heavy atom. The number of carbonyl (C=O) groups is 3. The number of thioether (sulfide) groups is 1. The number of amides is 3. The Labute approximate surface area is 238 Å². The van der Waals surface area contributed by atoms with Crippen LogP contribution in [0, 0.1) is 20.8 Å². The summed E-state index contributed by atoms with van der Waals surface area (Å²) >= 11 is 1.58. The molecule has 0 saturated carbocycles. The van der Waals surface area contributed by atoms with Crippen molar-refractivity contribution in [3.05, 3.63) is 64.7 Å². The quantitative estimate of drug-likeness (QED) is 0.366. The molecule has 2 aromatic rings. The lowest BCUT2D eigenvalue weighted by molar-refractivity contribution is -0.146. The normalized spacial score (nSPS) is 13.3. The number of aryl methyl sites for hydroxylation is 3. The van der Waals surface area contributed by atoms with Crippen molar-refractivity contribution in [1.29, 1.82) is 0 Å². The molecule has 0 fully saturated rings. The first-order valence-electron chi connectivity index (χ1n) is 13.3. The van der Waals surface area contributed by atoms with Gasteiger partial charge in [-0.2, -0.15) is 11.8 Å². The topological polar surface area (TPSA) is 87.7 Å². The highest BCUT2D eigenvalue weighted by molar-refractivity contribution is 7.98. The third-order valence-electron chi connectivity index (χ3n) is 6.28. The monoisotopic (exact) mass is 555 g/mol. The Bertz CT molecular complexity index is 1150. The van der Waals surface area contributed by atoms with Gasteiger partial charge in [-0.1, -0.05) is 36.4 Å². The minimum atomic E-state index is -0.935. The van der Waals surface area contributed by atoms with Gasteiger partial charge in [0.1, 0.15) is 17.7 Å². The third kappa shape index (κ3) is 9.02. The van der Waals surface area contributed by atoms with E-state index in [4.69, 9.17) is 4.74 Å². The van der Waals surface area contributed by atoms with Crippen LogP contribution in [0.15, 0.2) is 42.5 Å². The SMILES string of the molecule is CSCCC(NC(=O)OC(C)(C)C)C(=O)N(C(C(=O)Nc1ccccc1C)c1c(C)cccc1C)C(C)(C)C. The molecule has 2 atom stereocenters. The molecule has 39 heavy (non-hydrogen) atoms. The van der Waals surface area contributed by atoms with E-state index in [9.17, 15) is 14.4 Å². The molecule has 7 nitrogen and oxygen atoms in total. The smallest absolute Gasteiger partial charge is 0.408 e. The lowest BCUT2D eigenvalue weighted by Gasteiger charge is -2.43. The Balaban J connectivity index is 2.65. The first-order chi connectivity index (χ1) is 18.1. The first-order valence-corrected chi connectivity index (χ1v) is 14.7. The predicted molar refractivity (Wildman–Crippen MR) is 161 cm³/mol. The summed E-state index contributed by atoms with van der Waals surface area (Å²) in [6.07, 6.45) is 1.68. The van der Waals surface area contributed by atoms with Gasteiger partial charge in [-0.3, -0.25) is 9.59 Å². The highest BCUT2D eigenvalue weighted by Crippen LogP contribution is 2.35. The van der Waals surface area contributed by atoms with E-state index in [2.05, 4.69) is 10.6 Å². The van der Waals surface area contributed by atoms with Crippen molar-refractivity contribution in [2.45, 2.75) is 92.0 Å². The Morgan fingerprint density at radius 3 is 1.97 bits per heavy atom. The number of nitrogens with zero attached hydrogens (tertiary/aromatic N) is 1. The summed E-state index contributed by atoms with van der Waals surface area (Å²) in [7, 11) is 0. The molecule has 0 heterocycles. The van der Waals surface area contributed by atoms with Crippen molar-refractivity contribution in [3.63, 3.8) is 0 Å². The summed E-state index contributed by atoms with van der Waals surface area (Å²) in [6.45, 7) is 16.9. The largest absolute Gasteiger partial charge is 0.444 e. The molecule has 2 aromatic carbocycles. The zero-order valence-electron chi connectivity index (χ0n) is 25.1. The third-order valence-corrected chi connectivity index (χ3v) is 6.93. The van der Waals surface area contributed by atoms with Crippen LogP contribution in [0.4, 0.5) is 10.5 Å². The molecular formula is C31H45N3O4S. The maximum atomic E-state index is 14.4. The minimum absolute atomic E-state index is 0.314. The lowest BCUT2D eigenvalue weighted by Crippen LogP contribution is -2.58. The number of anilines is 1. The number of rotatable bonds is 9. The van der Waals surface area contributed by atoms with Gasteiger partial charge in [0.2, 0.25) is 5.91 Å². The van der Waals surface area contributed by atoms with Gasteiger partial charge in [-0.15, -0.1) is 0 Å². The molecular weight excluding hydrogens is 510 g/mol. The van der Waals surface area contributed by atoms with E-state index in [0.717, 1.165) is 22.3 Å². The van der Waals surface area contributed by atoms with E-state index < -0.39 is 29.3 Å². The molecule has 0 aliphatic carbocycles. The van der Waals surface area contributed by atoms with Gasteiger partial charge in [0.25, 0.3) is 5.91 Å². The van der Waals surface area contributed by atoms with Crippen LogP contribution in [0.2, 0.25) is 0 Å². The van der Waals surface area contributed by atoms with Crippen LogP contribution >= 0.6 is 11.8 Å². The van der Waals surface area contributed by atoms with Gasteiger partial charge >= 0.3 is 6.09 Å². The number of benzene rings is 2. The number of ether oxygens (including phenoxy) is 1. The fourth-order valence-electron chi connectivity index (χ4n) is 4.51. The number of hydrogen-bond acceptors (Lipinski definition) is 5. The number of alkyl carbamates (subject to hydrolysis) is 1. The zero-order chi connectivity index (χ0) is 29.5. The highest BCUT2D eigenvalue weighted by Gasteiger charge is 2.42. The van der Waals surface area contributed by atoms with Crippen LogP contribution in [0.5, 0.6) is 0 Å². The highest BCUT2D eigenvalue weighted by atomic mass is 32.2. The summed E-state index contributed by atoms with van der Waals surface area (Å²) in [5, 5.41) is 5.87. The lowest BCUT2D eigenvalue weighted by atomic mass is 9.90. The molecule has 0 radical (unpaired) electrons. The number of carbonyl (C=O) groups excluding carboxylic acids is 3. The Morgan fingerprint density at radius 2 is 1.46 bits per heavy atom. The summed E-state index contributed by atoms with van der Waals surface area (Å²) in [5.41, 5.74) is 2.72. The van der Waals surface area contributed by atoms with Gasteiger partial charge in [0, 0.05) is 11.2 Å². The molecule has 0 bridgehead atoms. The second kappa shape index (κ2) is 13.4. The van der Waals surface area contributed by atoms with E-state index in [1.807, 2.05) is 90.3 Å². The Hall–Kier alpha value is -3.00. The number of para-hydroxylation sites is 1. The molecule has 214 valence electrons. The minimum Gasteiger partial charge on any atom is -0.444 e. The van der Waals surface area contributed by atoms with E-state index >= 15 is 0 Å². The van der Waals surface area contributed by atoms with Crippen molar-refractivity contribution < 1.29 is 19.1 Å². The standard InChI is InChI=1S/C31H45N3O4S/c1-20-14-11-12-17-23(20)32-27(35)26(25-21(2)15-13-16-22(25)3)34(30(4,5)6)28(36)24(18-19-39-10)33-29(37)38-31(7,8)9/h11-17,24,26H,18-19H2,1-10H3,(H,32,35)(H,33,37). The van der Waals surface area contributed by atoms with Crippen LogP contribution in [0.3, 0.4) is 0 Å². The molecule has 2 unspecified atom stereocenters. The van der Waals surface area contributed by atoms with Crippen molar-refractivity contribution in [2.75, 3.05) is 17.3 Å². The molecule has 3 amide bonds. The van der Waals surface area contributed by atoms with E-state index in [-0.39, 0.29) is 11.8 Å². The van der Waals surface area contributed by atoms with Gasteiger partial charge in [-0.05, 0) is 109 Å². The Kier molecular flexibility index (Phi) is 11.0.